The molecule has 0 bridgehead atoms. The van der Waals surface area contributed by atoms with Gasteiger partial charge in [0.05, 0.1) is 0 Å². The van der Waals surface area contributed by atoms with E-state index in [0.29, 0.717) is 11.4 Å². The number of hydrogen-bond acceptors (Lipinski definition) is 2. The normalized spacial score (nSPS) is 16.5. The summed E-state index contributed by atoms with van der Waals surface area (Å²) in [6.07, 6.45) is 3.40. The number of hydrogen-bond donors (Lipinski definition) is 1. The number of carbonyl (C=O) groups is 1. The molecule has 110 valence electrons. The van der Waals surface area contributed by atoms with Gasteiger partial charge in [-0.3, -0.25) is 4.79 Å². The highest BCUT2D eigenvalue weighted by atomic mass is 35.5. The third-order valence-corrected chi connectivity index (χ3v) is 4.08. The summed E-state index contributed by atoms with van der Waals surface area (Å²) in [6, 6.07) is 7.76. The number of likely N-dealkylation sites (tertiary alicyclic amines) is 1. The van der Waals surface area contributed by atoms with Crippen LogP contribution < -0.4 is 5.32 Å². The Hall–Kier alpha value is -1.06. The third-order valence-electron chi connectivity index (χ3n) is 3.77. The third kappa shape index (κ3) is 4.22. The van der Waals surface area contributed by atoms with Crippen LogP contribution in [-0.4, -0.2) is 36.5 Å². The summed E-state index contributed by atoms with van der Waals surface area (Å²) in [4.78, 5) is 14.7. The first-order chi connectivity index (χ1) is 9.72. The minimum absolute atomic E-state index is 0.0186. The molecular formula is C16H23ClN2O. The Morgan fingerprint density at radius 3 is 2.55 bits per heavy atom. The summed E-state index contributed by atoms with van der Waals surface area (Å²) in [5.74, 6) is 0.500. The van der Waals surface area contributed by atoms with E-state index in [1.807, 2.05) is 24.3 Å². The molecule has 0 spiro atoms. The molecule has 0 radical (unpaired) electrons. The Balaban J connectivity index is 1.91. The van der Waals surface area contributed by atoms with Gasteiger partial charge in [0.2, 0.25) is 0 Å². The maximum absolute atomic E-state index is 12.3. The van der Waals surface area contributed by atoms with Crippen LogP contribution in [0.25, 0.3) is 0 Å². The van der Waals surface area contributed by atoms with Crippen molar-refractivity contribution in [2.45, 2.75) is 38.1 Å². The van der Waals surface area contributed by atoms with Gasteiger partial charge in [-0.2, -0.15) is 0 Å². The Kier molecular flexibility index (Phi) is 5.86. The summed E-state index contributed by atoms with van der Waals surface area (Å²) in [5, 5.41) is 3.16. The van der Waals surface area contributed by atoms with Gasteiger partial charge in [0, 0.05) is 24.0 Å². The van der Waals surface area contributed by atoms with Crippen molar-refractivity contribution in [3.63, 3.8) is 0 Å². The van der Waals surface area contributed by atoms with E-state index in [-0.39, 0.29) is 11.9 Å². The zero-order chi connectivity index (χ0) is 14.4. The van der Waals surface area contributed by atoms with E-state index < -0.39 is 0 Å². The molecule has 1 atom stereocenters. The second-order valence-corrected chi connectivity index (χ2v) is 5.71. The zero-order valence-electron chi connectivity index (χ0n) is 12.1. The van der Waals surface area contributed by atoms with Crippen molar-refractivity contribution in [1.82, 2.24) is 10.2 Å². The van der Waals surface area contributed by atoms with E-state index in [4.69, 9.17) is 11.6 Å². The maximum Gasteiger partial charge on any atom is 0.251 e. The number of benzene rings is 1. The minimum Gasteiger partial charge on any atom is -0.348 e. The molecule has 1 aromatic carbocycles. The fourth-order valence-electron chi connectivity index (χ4n) is 2.45. The average Bonchev–Trinajstić information content (AvgIpc) is 2.43. The summed E-state index contributed by atoms with van der Waals surface area (Å²) in [5.41, 5.74) is 1.75. The molecule has 1 unspecified atom stereocenters. The van der Waals surface area contributed by atoms with Crippen LogP contribution in [0.1, 0.15) is 42.1 Å². The first kappa shape index (κ1) is 15.3. The van der Waals surface area contributed by atoms with Gasteiger partial charge < -0.3 is 10.2 Å². The summed E-state index contributed by atoms with van der Waals surface area (Å²) in [6.45, 7) is 5.46. The van der Waals surface area contributed by atoms with Gasteiger partial charge in [-0.15, -0.1) is 11.6 Å². The standard InChI is InChI=1S/C16H23ClN2O/c1-2-4-15(12-19-9-3-10-19)18-16(20)14-7-5-13(11-17)6-8-14/h5-8,15H,2-4,9-12H2,1H3,(H,18,20). The van der Waals surface area contributed by atoms with E-state index in [1.165, 1.54) is 19.5 Å². The predicted molar refractivity (Wildman–Crippen MR) is 83.2 cm³/mol. The number of rotatable bonds is 7. The molecule has 4 heteroatoms. The van der Waals surface area contributed by atoms with Crippen LogP contribution in [-0.2, 0) is 5.88 Å². The van der Waals surface area contributed by atoms with Crippen molar-refractivity contribution >= 4 is 17.5 Å². The molecule has 1 heterocycles. The van der Waals surface area contributed by atoms with Gasteiger partial charge >= 0.3 is 0 Å². The van der Waals surface area contributed by atoms with Crippen molar-refractivity contribution in [3.8, 4) is 0 Å². The Bertz CT molecular complexity index is 429. The van der Waals surface area contributed by atoms with Gasteiger partial charge in [-0.25, -0.2) is 0 Å². The molecule has 1 N–H and O–H groups in total. The highest BCUT2D eigenvalue weighted by molar-refractivity contribution is 6.17. The topological polar surface area (TPSA) is 32.3 Å². The van der Waals surface area contributed by atoms with Crippen LogP contribution in [0.5, 0.6) is 0 Å². The lowest BCUT2D eigenvalue weighted by atomic mass is 10.1. The molecule has 1 aliphatic heterocycles. The van der Waals surface area contributed by atoms with E-state index >= 15 is 0 Å². The van der Waals surface area contributed by atoms with Crippen LogP contribution in [0.2, 0.25) is 0 Å². The Labute approximate surface area is 126 Å². The molecule has 1 fully saturated rings. The number of alkyl halides is 1. The maximum atomic E-state index is 12.3. The number of nitrogens with zero attached hydrogens (tertiary/aromatic N) is 1. The number of amides is 1. The molecule has 20 heavy (non-hydrogen) atoms. The molecule has 0 aromatic heterocycles. The van der Waals surface area contributed by atoms with Gasteiger partial charge in [0.1, 0.15) is 0 Å². The van der Waals surface area contributed by atoms with Crippen molar-refractivity contribution in [2.75, 3.05) is 19.6 Å². The van der Waals surface area contributed by atoms with Crippen LogP contribution in [0.15, 0.2) is 24.3 Å². The fraction of sp³-hybridized carbons (Fsp3) is 0.562. The lowest BCUT2D eigenvalue weighted by Crippen LogP contribution is -2.48. The molecule has 1 aromatic rings. The molecule has 1 aliphatic rings. The van der Waals surface area contributed by atoms with E-state index in [9.17, 15) is 4.79 Å². The van der Waals surface area contributed by atoms with Gasteiger partial charge in [-0.05, 0) is 43.6 Å². The quantitative estimate of drug-likeness (QED) is 0.784. The second kappa shape index (κ2) is 7.65. The van der Waals surface area contributed by atoms with Crippen LogP contribution >= 0.6 is 11.6 Å². The fourth-order valence-corrected chi connectivity index (χ4v) is 2.63. The van der Waals surface area contributed by atoms with Gasteiger partial charge in [0.25, 0.3) is 5.91 Å². The number of halogens is 1. The van der Waals surface area contributed by atoms with Crippen molar-refractivity contribution in [1.29, 1.82) is 0 Å². The van der Waals surface area contributed by atoms with Gasteiger partial charge in [0.15, 0.2) is 0 Å². The lowest BCUT2D eigenvalue weighted by Gasteiger charge is -2.34. The van der Waals surface area contributed by atoms with E-state index in [1.54, 1.807) is 0 Å². The van der Waals surface area contributed by atoms with E-state index in [0.717, 1.165) is 24.9 Å². The smallest absolute Gasteiger partial charge is 0.251 e. The minimum atomic E-state index is 0.0186. The molecule has 3 nitrogen and oxygen atoms in total. The number of nitrogens with one attached hydrogen (secondary N) is 1. The lowest BCUT2D eigenvalue weighted by molar-refractivity contribution is 0.0903. The Morgan fingerprint density at radius 1 is 1.35 bits per heavy atom. The Morgan fingerprint density at radius 2 is 2.05 bits per heavy atom. The monoisotopic (exact) mass is 294 g/mol. The van der Waals surface area contributed by atoms with Crippen LogP contribution in [0.4, 0.5) is 0 Å². The molecule has 0 saturated carbocycles. The zero-order valence-corrected chi connectivity index (χ0v) is 12.8. The number of carbonyl (C=O) groups excluding carboxylic acids is 1. The predicted octanol–water partition coefficient (Wildman–Crippen LogP) is 3.03. The summed E-state index contributed by atoms with van der Waals surface area (Å²) < 4.78 is 0. The van der Waals surface area contributed by atoms with Crippen molar-refractivity contribution < 1.29 is 4.79 Å². The van der Waals surface area contributed by atoms with Crippen LogP contribution in [0, 0.1) is 0 Å². The summed E-state index contributed by atoms with van der Waals surface area (Å²) >= 11 is 5.76. The van der Waals surface area contributed by atoms with E-state index in [2.05, 4.69) is 17.1 Å². The van der Waals surface area contributed by atoms with Gasteiger partial charge in [-0.1, -0.05) is 25.5 Å². The van der Waals surface area contributed by atoms with Crippen molar-refractivity contribution in [2.24, 2.45) is 0 Å². The molecule has 1 saturated heterocycles. The molecule has 2 rings (SSSR count). The second-order valence-electron chi connectivity index (χ2n) is 5.44. The molecule has 0 aliphatic carbocycles. The average molecular weight is 295 g/mol. The SMILES string of the molecule is CCCC(CN1CCC1)NC(=O)c1ccc(CCl)cc1. The molecule has 1 amide bonds. The highest BCUT2D eigenvalue weighted by Gasteiger charge is 2.20. The highest BCUT2D eigenvalue weighted by Crippen LogP contribution is 2.11. The molecular weight excluding hydrogens is 272 g/mol. The first-order valence-electron chi connectivity index (χ1n) is 7.41. The largest absolute Gasteiger partial charge is 0.348 e. The summed E-state index contributed by atoms with van der Waals surface area (Å²) in [7, 11) is 0. The van der Waals surface area contributed by atoms with Crippen LogP contribution in [0.3, 0.4) is 0 Å². The first-order valence-corrected chi connectivity index (χ1v) is 7.94. The van der Waals surface area contributed by atoms with Crippen molar-refractivity contribution in [3.05, 3.63) is 35.4 Å².